The van der Waals surface area contributed by atoms with Crippen molar-refractivity contribution in [1.29, 1.82) is 0 Å². The van der Waals surface area contributed by atoms with Crippen LogP contribution in [0.2, 0.25) is 0 Å². The smallest absolute Gasteiger partial charge is 0.0413 e. The molecule has 1 nitrogen and oxygen atoms in total. The van der Waals surface area contributed by atoms with Crippen LogP contribution in [0.1, 0.15) is 63.8 Å². The van der Waals surface area contributed by atoms with Gasteiger partial charge in [-0.3, -0.25) is 0 Å². The predicted molar refractivity (Wildman–Crippen MR) is 196 cm³/mol. The molecule has 0 atom stereocenters. The Morgan fingerprint density at radius 1 is 0.391 bits per heavy atom. The summed E-state index contributed by atoms with van der Waals surface area (Å²) in [6.45, 7) is 13.9. The fraction of sp³-hybridized carbons (Fsp3) is 0.200. The van der Waals surface area contributed by atoms with E-state index < -0.39 is 0 Å². The minimum atomic E-state index is 0.00345. The summed E-state index contributed by atoms with van der Waals surface area (Å²) in [6.07, 6.45) is 0. The molecule has 6 aromatic carbocycles. The van der Waals surface area contributed by atoms with Gasteiger partial charge in [0.2, 0.25) is 0 Å². The molecule has 0 amide bonds. The average Bonchev–Trinajstić information content (AvgIpc) is 3.44. The highest BCUT2D eigenvalue weighted by atomic mass is 15.2. The van der Waals surface area contributed by atoms with Crippen LogP contribution >= 0.6 is 0 Å². The summed E-state index contributed by atoms with van der Waals surface area (Å²) in [7, 11) is 0. The van der Waals surface area contributed by atoms with Gasteiger partial charge >= 0.3 is 0 Å². The zero-order valence-corrected chi connectivity index (χ0v) is 27.7. The first-order valence-electron chi connectivity index (χ1n) is 16.6. The van der Waals surface area contributed by atoms with Gasteiger partial charge in [-0.05, 0) is 117 Å². The molecule has 0 fully saturated rings. The van der Waals surface area contributed by atoms with E-state index in [9.17, 15) is 0 Å². The van der Waals surface area contributed by atoms with Crippen molar-refractivity contribution in [2.24, 2.45) is 0 Å². The van der Waals surface area contributed by atoms with E-state index in [1.54, 1.807) is 0 Å². The van der Waals surface area contributed by atoms with Gasteiger partial charge in [0, 0.05) is 28.2 Å². The molecule has 0 bridgehead atoms. The minimum absolute atomic E-state index is 0.00345. The van der Waals surface area contributed by atoms with Gasteiger partial charge in [0.25, 0.3) is 0 Å². The fourth-order valence-corrected chi connectivity index (χ4v) is 8.14. The number of nitrogens with zero attached hydrogens (tertiary/aromatic N) is 1. The third-order valence-electron chi connectivity index (χ3n) is 10.6. The van der Waals surface area contributed by atoms with Crippen LogP contribution in [0.4, 0.5) is 11.4 Å². The van der Waals surface area contributed by atoms with Crippen molar-refractivity contribution in [3.8, 4) is 44.5 Å². The summed E-state index contributed by atoms with van der Waals surface area (Å²) in [6, 6.07) is 50.2. The summed E-state index contributed by atoms with van der Waals surface area (Å²) in [5.74, 6) is 0. The van der Waals surface area contributed by atoms with E-state index >= 15 is 0 Å². The third kappa shape index (κ3) is 4.29. The van der Waals surface area contributed by atoms with Crippen LogP contribution in [-0.4, -0.2) is 6.04 Å². The molecule has 2 aliphatic rings. The molecule has 0 aliphatic heterocycles. The fourth-order valence-electron chi connectivity index (χ4n) is 8.14. The number of hydrogen-bond donors (Lipinski definition) is 0. The maximum atomic E-state index is 2.43. The maximum absolute atomic E-state index is 2.43. The average molecular weight is 596 g/mol. The molecule has 1 heteroatoms. The Kier molecular flexibility index (Phi) is 6.41. The highest BCUT2D eigenvalue weighted by Gasteiger charge is 2.36. The van der Waals surface area contributed by atoms with Crippen molar-refractivity contribution in [3.05, 3.63) is 156 Å². The second-order valence-electron chi connectivity index (χ2n) is 14.4. The number of benzene rings is 6. The van der Waals surface area contributed by atoms with Gasteiger partial charge in [0.05, 0.1) is 0 Å². The van der Waals surface area contributed by atoms with Gasteiger partial charge in [-0.15, -0.1) is 0 Å². The molecule has 46 heavy (non-hydrogen) atoms. The van der Waals surface area contributed by atoms with Crippen LogP contribution in [0.25, 0.3) is 44.5 Å². The molecule has 0 heterocycles. The largest absolute Gasteiger partial charge is 0.339 e. The van der Waals surface area contributed by atoms with E-state index in [0.29, 0.717) is 6.04 Å². The highest BCUT2D eigenvalue weighted by molar-refractivity contribution is 5.85. The summed E-state index contributed by atoms with van der Waals surface area (Å²) in [5.41, 5.74) is 18.6. The molecule has 0 N–H and O–H groups in total. The first kappa shape index (κ1) is 28.6. The molecule has 8 rings (SSSR count). The Hall–Kier alpha value is -4.88. The Morgan fingerprint density at radius 3 is 1.13 bits per heavy atom. The van der Waals surface area contributed by atoms with E-state index in [2.05, 4.69) is 180 Å². The van der Waals surface area contributed by atoms with Gasteiger partial charge in [-0.2, -0.15) is 0 Å². The maximum Gasteiger partial charge on any atom is 0.0413 e. The van der Waals surface area contributed by atoms with E-state index in [0.717, 1.165) is 0 Å². The minimum Gasteiger partial charge on any atom is -0.339 e. The van der Waals surface area contributed by atoms with Gasteiger partial charge in [-0.1, -0.05) is 125 Å². The lowest BCUT2D eigenvalue weighted by atomic mass is 9.81. The van der Waals surface area contributed by atoms with E-state index in [-0.39, 0.29) is 10.8 Å². The lowest BCUT2D eigenvalue weighted by Crippen LogP contribution is -2.25. The predicted octanol–water partition coefficient (Wildman–Crippen LogP) is 12.2. The van der Waals surface area contributed by atoms with Crippen molar-refractivity contribution >= 4 is 11.4 Å². The zero-order chi connectivity index (χ0) is 31.8. The molecule has 0 aromatic heterocycles. The van der Waals surface area contributed by atoms with Crippen LogP contribution in [0.15, 0.2) is 133 Å². The van der Waals surface area contributed by atoms with Crippen molar-refractivity contribution in [3.63, 3.8) is 0 Å². The number of rotatable bonds is 5. The molecule has 0 spiro atoms. The Balaban J connectivity index is 1.07. The Bertz CT molecular complexity index is 1960. The van der Waals surface area contributed by atoms with Crippen LogP contribution < -0.4 is 4.90 Å². The van der Waals surface area contributed by atoms with Crippen LogP contribution in [0.5, 0.6) is 0 Å². The van der Waals surface area contributed by atoms with Gasteiger partial charge < -0.3 is 4.90 Å². The topological polar surface area (TPSA) is 3.24 Å². The van der Waals surface area contributed by atoms with E-state index in [4.69, 9.17) is 0 Å². The highest BCUT2D eigenvalue weighted by Crippen LogP contribution is 2.51. The molecular weight excluding hydrogens is 555 g/mol. The molecule has 226 valence electrons. The zero-order valence-electron chi connectivity index (χ0n) is 27.7. The van der Waals surface area contributed by atoms with Crippen molar-refractivity contribution in [2.45, 2.75) is 58.4 Å². The van der Waals surface area contributed by atoms with Gasteiger partial charge in [0.15, 0.2) is 0 Å². The lowest BCUT2D eigenvalue weighted by molar-refractivity contribution is 0.660. The number of anilines is 2. The summed E-state index contributed by atoms with van der Waals surface area (Å²) >= 11 is 0. The normalized spacial score (nSPS) is 14.8. The first-order chi connectivity index (χ1) is 22.1. The number of fused-ring (bicyclic) bond motifs is 6. The van der Waals surface area contributed by atoms with Crippen LogP contribution in [0, 0.1) is 0 Å². The summed E-state index contributed by atoms with van der Waals surface area (Å²) in [4.78, 5) is 2.43. The molecule has 6 aromatic rings. The van der Waals surface area contributed by atoms with Crippen molar-refractivity contribution < 1.29 is 0 Å². The van der Waals surface area contributed by atoms with Gasteiger partial charge in [-0.25, -0.2) is 0 Å². The second-order valence-corrected chi connectivity index (χ2v) is 14.4. The summed E-state index contributed by atoms with van der Waals surface area (Å²) < 4.78 is 0. The van der Waals surface area contributed by atoms with Crippen molar-refractivity contribution in [2.75, 3.05) is 4.90 Å². The first-order valence-corrected chi connectivity index (χ1v) is 16.6. The molecule has 0 saturated carbocycles. The Morgan fingerprint density at radius 2 is 0.739 bits per heavy atom. The quantitative estimate of drug-likeness (QED) is 0.192. The third-order valence-corrected chi connectivity index (χ3v) is 10.6. The molecule has 0 unspecified atom stereocenters. The van der Waals surface area contributed by atoms with E-state index in [1.807, 2.05) is 0 Å². The van der Waals surface area contributed by atoms with Crippen LogP contribution in [0.3, 0.4) is 0 Å². The second kappa shape index (κ2) is 10.3. The van der Waals surface area contributed by atoms with Crippen LogP contribution in [-0.2, 0) is 10.8 Å². The van der Waals surface area contributed by atoms with Gasteiger partial charge in [0.1, 0.15) is 0 Å². The molecular formula is C45H41N. The summed E-state index contributed by atoms with van der Waals surface area (Å²) in [5, 5.41) is 0. The SMILES string of the molecule is CC(C)N(c1ccc(-c2ccc3c(c2)C(C)(C)c2ccccc2-3)cc1)c1ccc(-c2ccc3c(c2)C(C)(C)c2ccccc2-3)cc1. The molecule has 0 saturated heterocycles. The number of hydrogen-bond acceptors (Lipinski definition) is 1. The standard InChI is InChI=1S/C45H41N/c1-29(2)46(34-21-15-30(16-22-34)32-19-25-38-36-11-7-9-13-40(36)44(3,4)42(38)27-32)35-23-17-31(18-24-35)33-20-26-39-37-12-8-10-14-41(37)45(5,6)43(39)28-33/h7-29H,1-6H3. The lowest BCUT2D eigenvalue weighted by Gasteiger charge is -2.29. The van der Waals surface area contributed by atoms with Crippen molar-refractivity contribution in [1.82, 2.24) is 0 Å². The Labute approximate surface area is 274 Å². The van der Waals surface area contributed by atoms with E-state index in [1.165, 1.54) is 78.1 Å². The monoisotopic (exact) mass is 595 g/mol. The molecule has 2 aliphatic carbocycles. The molecule has 0 radical (unpaired) electrons.